The van der Waals surface area contributed by atoms with Crippen molar-refractivity contribution in [2.24, 2.45) is 4.99 Å². The molecule has 0 fully saturated rings. The molecule has 3 N–H and O–H groups in total. The van der Waals surface area contributed by atoms with Gasteiger partial charge >= 0.3 is 0 Å². The van der Waals surface area contributed by atoms with Crippen LogP contribution >= 0.6 is 15.9 Å². The van der Waals surface area contributed by atoms with Crippen LogP contribution in [0.5, 0.6) is 0 Å². The van der Waals surface area contributed by atoms with E-state index in [1.54, 1.807) is 12.1 Å². The molecule has 4 aromatic carbocycles. The van der Waals surface area contributed by atoms with E-state index in [2.05, 4.69) is 44.0 Å². The number of hydrogen-bond donors (Lipinski definition) is 3. The summed E-state index contributed by atoms with van der Waals surface area (Å²) < 4.78 is 0.890. The first-order chi connectivity index (χ1) is 18.0. The van der Waals surface area contributed by atoms with Crippen LogP contribution in [0.4, 0.5) is 17.1 Å². The van der Waals surface area contributed by atoms with Gasteiger partial charge in [0.15, 0.2) is 0 Å². The standard InChI is InChI=1S/C30H25BrN4O2/c1-2-25-26-18-24(16-17-27(26)34-29(25)37)33-30(35-28(36)21-8-12-22(31)13-9-21)32-23-14-10-20(11-15-23)19-6-4-3-5-7-19/h3-18,25H,2H2,1H3,(H,34,37)(H2,32,33,35,36). The summed E-state index contributed by atoms with van der Waals surface area (Å²) in [6.07, 6.45) is 0.706. The predicted octanol–water partition coefficient (Wildman–Crippen LogP) is 7.09. The molecule has 0 bridgehead atoms. The molecule has 1 heterocycles. The van der Waals surface area contributed by atoms with Gasteiger partial charge in [0, 0.05) is 21.4 Å². The Kier molecular flexibility index (Phi) is 7.14. The first kappa shape index (κ1) is 24.5. The van der Waals surface area contributed by atoms with Gasteiger partial charge in [0.05, 0.1) is 11.6 Å². The predicted molar refractivity (Wildman–Crippen MR) is 152 cm³/mol. The van der Waals surface area contributed by atoms with Crippen LogP contribution in [0.3, 0.4) is 0 Å². The van der Waals surface area contributed by atoms with Crippen LogP contribution < -0.4 is 16.0 Å². The Labute approximate surface area is 224 Å². The zero-order valence-corrected chi connectivity index (χ0v) is 21.7. The number of benzene rings is 4. The number of fused-ring (bicyclic) bond motifs is 1. The van der Waals surface area contributed by atoms with Crippen molar-refractivity contribution in [3.05, 3.63) is 113 Å². The normalized spacial score (nSPS) is 14.6. The summed E-state index contributed by atoms with van der Waals surface area (Å²) in [4.78, 5) is 30.0. The third-order valence-corrected chi connectivity index (χ3v) is 6.75. The highest BCUT2D eigenvalue weighted by atomic mass is 79.9. The van der Waals surface area contributed by atoms with E-state index in [0.29, 0.717) is 17.7 Å². The number of nitrogens with one attached hydrogen (secondary N) is 3. The van der Waals surface area contributed by atoms with E-state index < -0.39 is 0 Å². The van der Waals surface area contributed by atoms with Crippen LogP contribution in [0, 0.1) is 0 Å². The zero-order chi connectivity index (χ0) is 25.8. The quantitative estimate of drug-likeness (QED) is 0.182. The largest absolute Gasteiger partial charge is 0.326 e. The fourth-order valence-corrected chi connectivity index (χ4v) is 4.57. The molecule has 0 saturated heterocycles. The molecule has 0 radical (unpaired) electrons. The van der Waals surface area contributed by atoms with Gasteiger partial charge in [-0.1, -0.05) is 65.3 Å². The number of hydrogen-bond acceptors (Lipinski definition) is 3. The number of rotatable bonds is 5. The van der Waals surface area contributed by atoms with Gasteiger partial charge in [-0.2, -0.15) is 0 Å². The Morgan fingerprint density at radius 1 is 0.919 bits per heavy atom. The van der Waals surface area contributed by atoms with Crippen molar-refractivity contribution in [2.75, 3.05) is 10.6 Å². The maximum absolute atomic E-state index is 13.0. The number of halogens is 1. The molecule has 1 unspecified atom stereocenters. The highest BCUT2D eigenvalue weighted by Gasteiger charge is 2.29. The summed E-state index contributed by atoms with van der Waals surface area (Å²) in [5.41, 5.74) is 5.86. The average Bonchev–Trinajstić information content (AvgIpc) is 3.24. The second-order valence-electron chi connectivity index (χ2n) is 8.71. The number of anilines is 2. The van der Waals surface area contributed by atoms with E-state index in [1.165, 1.54) is 0 Å². The second kappa shape index (κ2) is 10.8. The van der Waals surface area contributed by atoms with E-state index in [-0.39, 0.29) is 23.7 Å². The van der Waals surface area contributed by atoms with Gasteiger partial charge in [-0.15, -0.1) is 0 Å². The monoisotopic (exact) mass is 552 g/mol. The van der Waals surface area contributed by atoms with E-state index in [4.69, 9.17) is 4.99 Å². The minimum absolute atomic E-state index is 0.00517. The number of guanidine groups is 1. The summed E-state index contributed by atoms with van der Waals surface area (Å²) >= 11 is 3.40. The number of nitrogens with zero attached hydrogens (tertiary/aromatic N) is 1. The average molecular weight is 553 g/mol. The topological polar surface area (TPSA) is 82.6 Å². The first-order valence-electron chi connectivity index (χ1n) is 12.0. The van der Waals surface area contributed by atoms with Crippen molar-refractivity contribution in [1.82, 2.24) is 5.32 Å². The van der Waals surface area contributed by atoms with Crippen molar-refractivity contribution in [1.29, 1.82) is 0 Å². The second-order valence-corrected chi connectivity index (χ2v) is 9.63. The highest BCUT2D eigenvalue weighted by Crippen LogP contribution is 2.36. The van der Waals surface area contributed by atoms with E-state index in [9.17, 15) is 9.59 Å². The third-order valence-electron chi connectivity index (χ3n) is 6.23. The molecule has 1 atom stereocenters. The molecule has 1 aliphatic rings. The molecule has 0 spiro atoms. The van der Waals surface area contributed by atoms with Crippen molar-refractivity contribution in [3.8, 4) is 11.1 Å². The van der Waals surface area contributed by atoms with Crippen LogP contribution in [-0.2, 0) is 4.79 Å². The summed E-state index contributed by atoms with van der Waals surface area (Å²) in [6.45, 7) is 1.99. The molecule has 37 heavy (non-hydrogen) atoms. The van der Waals surface area contributed by atoms with Crippen molar-refractivity contribution in [3.63, 3.8) is 0 Å². The van der Waals surface area contributed by atoms with E-state index in [1.807, 2.05) is 79.7 Å². The van der Waals surface area contributed by atoms with Gasteiger partial charge in [0.25, 0.3) is 5.91 Å². The van der Waals surface area contributed by atoms with Crippen LogP contribution in [0.2, 0.25) is 0 Å². The van der Waals surface area contributed by atoms with Crippen molar-refractivity contribution >= 4 is 50.8 Å². The van der Waals surface area contributed by atoms with Crippen LogP contribution in [0.25, 0.3) is 11.1 Å². The van der Waals surface area contributed by atoms with Crippen LogP contribution in [0.1, 0.15) is 35.2 Å². The molecule has 6 nitrogen and oxygen atoms in total. The van der Waals surface area contributed by atoms with Gasteiger partial charge in [-0.3, -0.25) is 14.9 Å². The lowest BCUT2D eigenvalue weighted by molar-refractivity contribution is -0.117. The smallest absolute Gasteiger partial charge is 0.257 e. The van der Waals surface area contributed by atoms with Crippen molar-refractivity contribution < 1.29 is 9.59 Å². The minimum Gasteiger partial charge on any atom is -0.326 e. The van der Waals surface area contributed by atoms with Crippen LogP contribution in [0.15, 0.2) is 107 Å². The number of aliphatic imine (C=N–C) groups is 1. The summed E-state index contributed by atoms with van der Waals surface area (Å²) in [6, 6.07) is 30.7. The molecule has 2 amide bonds. The Hall–Kier alpha value is -4.23. The fourth-order valence-electron chi connectivity index (χ4n) is 4.30. The number of amides is 2. The number of carbonyl (C=O) groups is 2. The summed E-state index contributed by atoms with van der Waals surface area (Å²) in [5.74, 6) is -0.194. The molecular weight excluding hydrogens is 528 g/mol. The Morgan fingerprint density at radius 3 is 2.32 bits per heavy atom. The Bertz CT molecular complexity index is 1470. The maximum atomic E-state index is 13.0. The molecule has 4 aromatic rings. The molecule has 5 rings (SSSR count). The SMILES string of the molecule is CCC1C(=O)Nc2ccc(NC(=Nc3ccc(-c4ccccc4)cc3)NC(=O)c3ccc(Br)cc3)cc21. The molecule has 184 valence electrons. The lowest BCUT2D eigenvalue weighted by Crippen LogP contribution is -2.35. The first-order valence-corrected chi connectivity index (χ1v) is 12.8. The van der Waals surface area contributed by atoms with Gasteiger partial charge in [-0.25, -0.2) is 4.99 Å². The summed E-state index contributed by atoms with van der Waals surface area (Å²) in [7, 11) is 0. The highest BCUT2D eigenvalue weighted by molar-refractivity contribution is 9.10. The molecule has 0 aromatic heterocycles. The Balaban J connectivity index is 1.44. The molecule has 7 heteroatoms. The molecular formula is C30H25BrN4O2. The number of carbonyl (C=O) groups excluding carboxylic acids is 2. The van der Waals surface area contributed by atoms with Crippen molar-refractivity contribution in [2.45, 2.75) is 19.3 Å². The summed E-state index contributed by atoms with van der Waals surface area (Å²) in [5, 5.41) is 9.07. The van der Waals surface area contributed by atoms with E-state index >= 15 is 0 Å². The van der Waals surface area contributed by atoms with Gasteiger partial charge in [0.1, 0.15) is 0 Å². The molecule has 0 saturated carbocycles. The third kappa shape index (κ3) is 5.62. The lowest BCUT2D eigenvalue weighted by Gasteiger charge is -2.14. The molecule has 0 aliphatic carbocycles. The minimum atomic E-state index is -0.288. The fraction of sp³-hybridized carbons (Fsp3) is 0.100. The Morgan fingerprint density at radius 2 is 1.62 bits per heavy atom. The van der Waals surface area contributed by atoms with Crippen LogP contribution in [-0.4, -0.2) is 17.8 Å². The maximum Gasteiger partial charge on any atom is 0.257 e. The molecule has 1 aliphatic heterocycles. The van der Waals surface area contributed by atoms with Gasteiger partial charge in [-0.05, 0) is 77.7 Å². The van der Waals surface area contributed by atoms with Gasteiger partial charge < -0.3 is 10.6 Å². The lowest BCUT2D eigenvalue weighted by atomic mass is 9.98. The van der Waals surface area contributed by atoms with E-state index in [0.717, 1.165) is 32.5 Å². The van der Waals surface area contributed by atoms with Gasteiger partial charge in [0.2, 0.25) is 11.9 Å². The zero-order valence-electron chi connectivity index (χ0n) is 20.2.